The SMILES string of the molecule is CC(C)c1ccccc1NC(=O)/C=C/c1cc(Cl)c2c(c1)OCCO2. The zero-order chi connectivity index (χ0) is 17.8. The van der Waals surface area contributed by atoms with Crippen molar-refractivity contribution in [1.82, 2.24) is 0 Å². The van der Waals surface area contributed by atoms with Crippen molar-refractivity contribution in [3.8, 4) is 11.5 Å². The van der Waals surface area contributed by atoms with E-state index in [4.69, 9.17) is 21.1 Å². The zero-order valence-corrected chi connectivity index (χ0v) is 15.0. The Morgan fingerprint density at radius 3 is 2.76 bits per heavy atom. The number of hydrogen-bond acceptors (Lipinski definition) is 3. The van der Waals surface area contributed by atoms with Crippen LogP contribution in [-0.4, -0.2) is 19.1 Å². The summed E-state index contributed by atoms with van der Waals surface area (Å²) >= 11 is 6.21. The van der Waals surface area contributed by atoms with Crippen LogP contribution >= 0.6 is 11.6 Å². The summed E-state index contributed by atoms with van der Waals surface area (Å²) in [4.78, 5) is 12.2. The van der Waals surface area contributed by atoms with Crippen molar-refractivity contribution in [2.45, 2.75) is 19.8 Å². The Bertz CT molecular complexity index is 815. The molecule has 0 saturated carbocycles. The summed E-state index contributed by atoms with van der Waals surface area (Å²) in [5.74, 6) is 1.29. The molecular formula is C20H20ClNO3. The number of amides is 1. The van der Waals surface area contributed by atoms with Crippen LogP contribution in [0.3, 0.4) is 0 Å². The van der Waals surface area contributed by atoms with E-state index in [0.29, 0.717) is 35.7 Å². The number of rotatable bonds is 4. The monoisotopic (exact) mass is 357 g/mol. The second kappa shape index (κ2) is 7.62. The molecule has 1 aliphatic rings. The lowest BCUT2D eigenvalue weighted by molar-refractivity contribution is -0.111. The molecule has 0 fully saturated rings. The van der Waals surface area contributed by atoms with Gasteiger partial charge in [-0.2, -0.15) is 0 Å². The standard InChI is InChI=1S/C20H20ClNO3/c1-13(2)15-5-3-4-6-17(15)22-19(23)8-7-14-11-16(21)20-18(12-14)24-9-10-25-20/h3-8,11-13H,9-10H2,1-2H3,(H,22,23)/b8-7+. The third kappa shape index (κ3) is 4.15. The van der Waals surface area contributed by atoms with Gasteiger partial charge in [0.25, 0.3) is 0 Å². The zero-order valence-electron chi connectivity index (χ0n) is 14.2. The maximum atomic E-state index is 12.2. The number of carbonyl (C=O) groups excluding carboxylic acids is 1. The summed E-state index contributed by atoms with van der Waals surface area (Å²) in [5, 5.41) is 3.40. The summed E-state index contributed by atoms with van der Waals surface area (Å²) in [6, 6.07) is 11.4. The molecule has 0 aromatic heterocycles. The molecule has 1 heterocycles. The van der Waals surface area contributed by atoms with E-state index in [0.717, 1.165) is 16.8 Å². The average molecular weight is 358 g/mol. The molecule has 0 atom stereocenters. The van der Waals surface area contributed by atoms with Gasteiger partial charge >= 0.3 is 0 Å². The Hall–Kier alpha value is -2.46. The first-order chi connectivity index (χ1) is 12.0. The second-order valence-corrected chi connectivity index (χ2v) is 6.50. The number of nitrogens with one attached hydrogen (secondary N) is 1. The van der Waals surface area contributed by atoms with Crippen LogP contribution in [0.25, 0.3) is 6.08 Å². The van der Waals surface area contributed by atoms with Gasteiger partial charge < -0.3 is 14.8 Å². The molecule has 1 N–H and O–H groups in total. The van der Waals surface area contributed by atoms with Crippen LogP contribution in [0, 0.1) is 0 Å². The molecule has 0 spiro atoms. The van der Waals surface area contributed by atoms with Crippen molar-refractivity contribution in [2.75, 3.05) is 18.5 Å². The Balaban J connectivity index is 1.74. The van der Waals surface area contributed by atoms with Crippen molar-refractivity contribution >= 4 is 29.3 Å². The van der Waals surface area contributed by atoms with Gasteiger partial charge in [-0.15, -0.1) is 0 Å². The summed E-state index contributed by atoms with van der Waals surface area (Å²) in [6.45, 7) is 5.17. The van der Waals surface area contributed by atoms with Gasteiger partial charge in [0.15, 0.2) is 11.5 Å². The Morgan fingerprint density at radius 1 is 1.20 bits per heavy atom. The van der Waals surface area contributed by atoms with Gasteiger partial charge in [-0.1, -0.05) is 43.6 Å². The molecule has 0 radical (unpaired) electrons. The summed E-state index contributed by atoms with van der Waals surface area (Å²) < 4.78 is 11.0. The van der Waals surface area contributed by atoms with Crippen molar-refractivity contribution in [1.29, 1.82) is 0 Å². The molecule has 0 unspecified atom stereocenters. The number of ether oxygens (including phenoxy) is 2. The van der Waals surface area contributed by atoms with E-state index < -0.39 is 0 Å². The van der Waals surface area contributed by atoms with Crippen LogP contribution in [0.1, 0.15) is 30.9 Å². The van der Waals surface area contributed by atoms with Crippen LogP contribution in [0.15, 0.2) is 42.5 Å². The van der Waals surface area contributed by atoms with Crippen molar-refractivity contribution in [3.05, 3.63) is 58.6 Å². The first kappa shape index (κ1) is 17.4. The highest BCUT2D eigenvalue weighted by molar-refractivity contribution is 6.32. The van der Waals surface area contributed by atoms with Crippen molar-refractivity contribution < 1.29 is 14.3 Å². The molecular weight excluding hydrogens is 338 g/mol. The number of carbonyl (C=O) groups is 1. The third-order valence-corrected chi connectivity index (χ3v) is 4.17. The minimum atomic E-state index is -0.195. The first-order valence-electron chi connectivity index (χ1n) is 8.21. The highest BCUT2D eigenvalue weighted by atomic mass is 35.5. The fourth-order valence-corrected chi connectivity index (χ4v) is 2.96. The first-order valence-corrected chi connectivity index (χ1v) is 8.59. The number of hydrogen-bond donors (Lipinski definition) is 1. The maximum absolute atomic E-state index is 12.2. The van der Waals surface area contributed by atoms with Crippen LogP contribution in [0.5, 0.6) is 11.5 Å². The minimum Gasteiger partial charge on any atom is -0.486 e. The quantitative estimate of drug-likeness (QED) is 0.793. The molecule has 0 bridgehead atoms. The van der Waals surface area contributed by atoms with E-state index in [-0.39, 0.29) is 5.91 Å². The highest BCUT2D eigenvalue weighted by Crippen LogP contribution is 2.38. The Morgan fingerprint density at radius 2 is 1.96 bits per heavy atom. The molecule has 5 heteroatoms. The summed E-state index contributed by atoms with van der Waals surface area (Å²) in [7, 11) is 0. The molecule has 4 nitrogen and oxygen atoms in total. The van der Waals surface area contributed by atoms with Crippen LogP contribution in [0.2, 0.25) is 5.02 Å². The minimum absolute atomic E-state index is 0.195. The van der Waals surface area contributed by atoms with Gasteiger partial charge in [-0.25, -0.2) is 0 Å². The normalized spacial score (nSPS) is 13.3. The molecule has 1 aliphatic heterocycles. The van der Waals surface area contributed by atoms with Crippen LogP contribution < -0.4 is 14.8 Å². The molecule has 2 aromatic carbocycles. The van der Waals surface area contributed by atoms with Crippen LogP contribution in [0.4, 0.5) is 5.69 Å². The predicted octanol–water partition coefficient (Wildman–Crippen LogP) is 4.89. The van der Waals surface area contributed by atoms with E-state index in [1.165, 1.54) is 6.08 Å². The van der Waals surface area contributed by atoms with Crippen LogP contribution in [-0.2, 0) is 4.79 Å². The van der Waals surface area contributed by atoms with Gasteiger partial charge in [0.2, 0.25) is 5.91 Å². The van der Waals surface area contributed by atoms with Gasteiger partial charge in [0, 0.05) is 11.8 Å². The van der Waals surface area contributed by atoms with Crippen molar-refractivity contribution in [3.63, 3.8) is 0 Å². The summed E-state index contributed by atoms with van der Waals surface area (Å²) in [5.41, 5.74) is 2.71. The number of benzene rings is 2. The summed E-state index contributed by atoms with van der Waals surface area (Å²) in [6.07, 6.45) is 3.19. The van der Waals surface area contributed by atoms with E-state index in [2.05, 4.69) is 19.2 Å². The molecule has 0 aliphatic carbocycles. The third-order valence-electron chi connectivity index (χ3n) is 3.89. The lowest BCUT2D eigenvalue weighted by Crippen LogP contribution is -2.15. The molecule has 2 aromatic rings. The van der Waals surface area contributed by atoms with Gasteiger partial charge in [-0.05, 0) is 41.3 Å². The van der Waals surface area contributed by atoms with Gasteiger partial charge in [0.05, 0.1) is 5.02 Å². The number of halogens is 1. The van der Waals surface area contributed by atoms with Gasteiger partial charge in [-0.3, -0.25) is 4.79 Å². The number of fused-ring (bicyclic) bond motifs is 1. The fraction of sp³-hybridized carbons (Fsp3) is 0.250. The van der Waals surface area contributed by atoms with Crippen molar-refractivity contribution in [2.24, 2.45) is 0 Å². The van der Waals surface area contributed by atoms with E-state index in [1.54, 1.807) is 12.1 Å². The second-order valence-electron chi connectivity index (χ2n) is 6.09. The lowest BCUT2D eigenvalue weighted by Gasteiger charge is -2.19. The molecule has 1 amide bonds. The predicted molar refractivity (Wildman–Crippen MR) is 101 cm³/mol. The molecule has 3 rings (SSSR count). The fourth-order valence-electron chi connectivity index (χ4n) is 2.69. The largest absolute Gasteiger partial charge is 0.486 e. The molecule has 130 valence electrons. The van der Waals surface area contributed by atoms with E-state index >= 15 is 0 Å². The molecule has 25 heavy (non-hydrogen) atoms. The van der Waals surface area contributed by atoms with E-state index in [1.807, 2.05) is 30.3 Å². The smallest absolute Gasteiger partial charge is 0.248 e. The number of anilines is 1. The topological polar surface area (TPSA) is 47.6 Å². The Kier molecular flexibility index (Phi) is 5.29. The number of para-hydroxylation sites is 1. The lowest BCUT2D eigenvalue weighted by atomic mass is 10.0. The maximum Gasteiger partial charge on any atom is 0.248 e. The van der Waals surface area contributed by atoms with Gasteiger partial charge in [0.1, 0.15) is 13.2 Å². The average Bonchev–Trinajstić information content (AvgIpc) is 2.60. The Labute approximate surface area is 152 Å². The van der Waals surface area contributed by atoms with E-state index in [9.17, 15) is 4.79 Å². The molecule has 0 saturated heterocycles. The highest BCUT2D eigenvalue weighted by Gasteiger charge is 2.16.